The van der Waals surface area contributed by atoms with Gasteiger partial charge in [-0.25, -0.2) is 4.39 Å². The van der Waals surface area contributed by atoms with Gasteiger partial charge in [-0.3, -0.25) is 9.36 Å². The molecule has 0 radical (unpaired) electrons. The number of nitrogens with one attached hydrogen (secondary N) is 1. The summed E-state index contributed by atoms with van der Waals surface area (Å²) in [6, 6.07) is 13.6. The number of carbonyl (C=O) groups is 1. The molecule has 1 saturated carbocycles. The van der Waals surface area contributed by atoms with Gasteiger partial charge in [0.2, 0.25) is 5.91 Å². The van der Waals surface area contributed by atoms with E-state index in [1.165, 1.54) is 36.2 Å². The third kappa shape index (κ3) is 5.46. The monoisotopic (exact) mass is 466 g/mol. The molecule has 5 nitrogen and oxygen atoms in total. The first kappa shape index (κ1) is 23.5. The molecule has 0 aliphatic heterocycles. The second-order valence-corrected chi connectivity index (χ2v) is 10.7. The molecule has 1 aromatic heterocycles. The molecule has 174 valence electrons. The van der Waals surface area contributed by atoms with Crippen LogP contribution in [0.3, 0.4) is 0 Å². The van der Waals surface area contributed by atoms with E-state index in [0.717, 1.165) is 29.4 Å². The zero-order chi connectivity index (χ0) is 23.6. The fraction of sp³-hybridized carbons (Fsp3) is 0.423. The van der Waals surface area contributed by atoms with E-state index in [2.05, 4.69) is 65.1 Å². The van der Waals surface area contributed by atoms with Gasteiger partial charge in [-0.15, -0.1) is 10.2 Å². The molecule has 0 spiro atoms. The molecule has 0 atom stereocenters. The lowest BCUT2D eigenvalue weighted by Crippen LogP contribution is -2.15. The van der Waals surface area contributed by atoms with Crippen LogP contribution in [-0.4, -0.2) is 26.4 Å². The van der Waals surface area contributed by atoms with Crippen LogP contribution < -0.4 is 5.32 Å². The molecular formula is C26H31FN4OS. The molecular weight excluding hydrogens is 435 g/mol. The van der Waals surface area contributed by atoms with Crippen molar-refractivity contribution in [3.63, 3.8) is 0 Å². The minimum Gasteiger partial charge on any atom is -0.325 e. The summed E-state index contributed by atoms with van der Waals surface area (Å²) < 4.78 is 16.0. The maximum Gasteiger partial charge on any atom is 0.234 e. The first-order chi connectivity index (χ1) is 15.7. The molecule has 4 rings (SSSR count). The van der Waals surface area contributed by atoms with Crippen molar-refractivity contribution in [2.24, 2.45) is 0 Å². The van der Waals surface area contributed by atoms with E-state index in [1.807, 2.05) is 0 Å². The van der Waals surface area contributed by atoms with Gasteiger partial charge in [0, 0.05) is 17.3 Å². The van der Waals surface area contributed by atoms with E-state index < -0.39 is 0 Å². The molecule has 0 bridgehead atoms. The number of carbonyl (C=O) groups excluding carboxylic acids is 1. The summed E-state index contributed by atoms with van der Waals surface area (Å²) in [6.07, 6.45) is 4.56. The highest BCUT2D eigenvalue weighted by Crippen LogP contribution is 2.37. The molecule has 33 heavy (non-hydrogen) atoms. The Hall–Kier alpha value is -2.67. The maximum atomic E-state index is 13.8. The number of amides is 1. The maximum absolute atomic E-state index is 13.8. The minimum atomic E-state index is -0.330. The fourth-order valence-corrected chi connectivity index (χ4v) is 4.99. The third-order valence-electron chi connectivity index (χ3n) is 6.15. The van der Waals surface area contributed by atoms with E-state index in [4.69, 9.17) is 0 Å². The van der Waals surface area contributed by atoms with E-state index >= 15 is 0 Å². The summed E-state index contributed by atoms with van der Waals surface area (Å²) in [5.41, 5.74) is 3.41. The highest BCUT2D eigenvalue weighted by molar-refractivity contribution is 7.99. The summed E-state index contributed by atoms with van der Waals surface area (Å²) in [7, 11) is 0. The van der Waals surface area contributed by atoms with E-state index in [1.54, 1.807) is 19.1 Å². The first-order valence-corrected chi connectivity index (χ1v) is 12.5. The first-order valence-electron chi connectivity index (χ1n) is 11.5. The molecule has 1 N–H and O–H groups in total. The Kier molecular flexibility index (Phi) is 6.88. The van der Waals surface area contributed by atoms with Crippen LogP contribution in [0.25, 0.3) is 11.4 Å². The average Bonchev–Trinajstić information content (AvgIpc) is 3.44. The number of halogens is 1. The number of hydrogen-bond donors (Lipinski definition) is 1. The van der Waals surface area contributed by atoms with Crippen LogP contribution >= 0.6 is 11.8 Å². The van der Waals surface area contributed by atoms with Crippen molar-refractivity contribution in [1.29, 1.82) is 0 Å². The highest BCUT2D eigenvalue weighted by atomic mass is 32.2. The lowest BCUT2D eigenvalue weighted by atomic mass is 9.86. The van der Waals surface area contributed by atoms with Gasteiger partial charge < -0.3 is 5.32 Å². The van der Waals surface area contributed by atoms with E-state index in [-0.39, 0.29) is 22.9 Å². The Morgan fingerprint density at radius 1 is 1.12 bits per heavy atom. The zero-order valence-corrected chi connectivity index (χ0v) is 20.5. The summed E-state index contributed by atoms with van der Waals surface area (Å²) in [5.74, 6) is 0.512. The van der Waals surface area contributed by atoms with Crippen molar-refractivity contribution in [2.75, 3.05) is 11.1 Å². The van der Waals surface area contributed by atoms with Crippen LogP contribution in [0.1, 0.15) is 63.6 Å². The largest absolute Gasteiger partial charge is 0.325 e. The number of anilines is 1. The van der Waals surface area contributed by atoms with Crippen LogP contribution in [0.15, 0.2) is 47.6 Å². The molecule has 1 fully saturated rings. The van der Waals surface area contributed by atoms with Crippen LogP contribution in [-0.2, 0) is 10.2 Å². The van der Waals surface area contributed by atoms with Gasteiger partial charge in [0.25, 0.3) is 0 Å². The molecule has 7 heteroatoms. The third-order valence-corrected chi connectivity index (χ3v) is 7.09. The van der Waals surface area contributed by atoms with Gasteiger partial charge in [-0.05, 0) is 48.4 Å². The number of aryl methyl sites for hydroxylation is 1. The van der Waals surface area contributed by atoms with Crippen LogP contribution in [0, 0.1) is 12.7 Å². The van der Waals surface area contributed by atoms with E-state index in [0.29, 0.717) is 17.3 Å². The Morgan fingerprint density at radius 3 is 2.45 bits per heavy atom. The Bertz CT molecular complexity index is 1130. The zero-order valence-electron chi connectivity index (χ0n) is 19.7. The molecule has 3 aromatic rings. The number of thioether (sulfide) groups is 1. The highest BCUT2D eigenvalue weighted by Gasteiger charge is 2.25. The Balaban J connectivity index is 1.53. The molecule has 1 aliphatic rings. The Morgan fingerprint density at radius 2 is 1.82 bits per heavy atom. The van der Waals surface area contributed by atoms with E-state index in [9.17, 15) is 9.18 Å². The van der Waals surface area contributed by atoms with Gasteiger partial charge in [0.15, 0.2) is 11.0 Å². The van der Waals surface area contributed by atoms with Crippen molar-refractivity contribution in [1.82, 2.24) is 14.8 Å². The van der Waals surface area contributed by atoms with Crippen molar-refractivity contribution in [3.05, 3.63) is 59.4 Å². The average molecular weight is 467 g/mol. The normalized spacial score (nSPS) is 14.6. The fourth-order valence-electron chi connectivity index (χ4n) is 4.18. The van der Waals surface area contributed by atoms with Crippen LogP contribution in [0.5, 0.6) is 0 Å². The van der Waals surface area contributed by atoms with Crippen molar-refractivity contribution < 1.29 is 9.18 Å². The quantitative estimate of drug-likeness (QED) is 0.419. The minimum absolute atomic E-state index is 0.0897. The SMILES string of the molecule is Cc1ccc(NC(=O)CSc2nnc(-c3ccc(C(C)(C)C)cc3)n2C2CCCC2)cc1F. The summed E-state index contributed by atoms with van der Waals surface area (Å²) in [4.78, 5) is 12.5. The van der Waals surface area contributed by atoms with Crippen molar-refractivity contribution in [3.8, 4) is 11.4 Å². The predicted molar refractivity (Wildman–Crippen MR) is 132 cm³/mol. The van der Waals surface area contributed by atoms with Crippen LogP contribution in [0.4, 0.5) is 10.1 Å². The molecule has 1 aliphatic carbocycles. The molecule has 0 unspecified atom stereocenters. The van der Waals surface area contributed by atoms with Gasteiger partial charge in [-0.1, -0.05) is 75.7 Å². The standard InChI is InChI=1S/C26H31FN4OS/c1-17-9-14-20(15-22(17)27)28-23(32)16-33-25-30-29-24(31(25)21-7-5-6-8-21)18-10-12-19(13-11-18)26(2,3)4/h9-15,21H,5-8,16H2,1-4H3,(H,28,32). The summed E-state index contributed by atoms with van der Waals surface area (Å²) >= 11 is 1.38. The topological polar surface area (TPSA) is 59.8 Å². The van der Waals surface area contributed by atoms with Gasteiger partial charge in [0.1, 0.15) is 5.82 Å². The van der Waals surface area contributed by atoms with Crippen molar-refractivity contribution >= 4 is 23.4 Å². The van der Waals surface area contributed by atoms with Crippen molar-refractivity contribution in [2.45, 2.75) is 70.0 Å². The predicted octanol–water partition coefficient (Wildman–Crippen LogP) is 6.54. The molecule has 1 amide bonds. The van der Waals surface area contributed by atoms with Crippen LogP contribution in [0.2, 0.25) is 0 Å². The smallest absolute Gasteiger partial charge is 0.234 e. The second kappa shape index (κ2) is 9.67. The lowest BCUT2D eigenvalue weighted by Gasteiger charge is -2.20. The number of hydrogen-bond acceptors (Lipinski definition) is 4. The molecule has 0 saturated heterocycles. The second-order valence-electron chi connectivity index (χ2n) is 9.74. The number of rotatable bonds is 6. The van der Waals surface area contributed by atoms with Gasteiger partial charge >= 0.3 is 0 Å². The molecule has 1 heterocycles. The number of aromatic nitrogens is 3. The van der Waals surface area contributed by atoms with Gasteiger partial charge in [0.05, 0.1) is 5.75 Å². The number of nitrogens with zero attached hydrogens (tertiary/aromatic N) is 3. The summed E-state index contributed by atoms with van der Waals surface area (Å²) in [6.45, 7) is 8.30. The van der Waals surface area contributed by atoms with Gasteiger partial charge in [-0.2, -0.15) is 0 Å². The number of benzene rings is 2. The Labute approximate surface area is 199 Å². The lowest BCUT2D eigenvalue weighted by molar-refractivity contribution is -0.113. The molecule has 2 aromatic carbocycles. The summed E-state index contributed by atoms with van der Waals surface area (Å²) in [5, 5.41) is 12.5.